The minimum absolute atomic E-state index is 0.518. The Balaban J connectivity index is 2.07. The summed E-state index contributed by atoms with van der Waals surface area (Å²) >= 11 is 0. The van der Waals surface area contributed by atoms with Gasteiger partial charge < -0.3 is 15.7 Å². The fraction of sp³-hybridized carbons (Fsp3) is 0.125. The number of amides is 2. The SMILES string of the molecule is Cc1cccc(NC(=O)N[C@H](C(=O)O)c2ccccc2)c1. The molecule has 3 N–H and O–H groups in total. The zero-order chi connectivity index (χ0) is 15.2. The molecule has 0 aromatic heterocycles. The quantitative estimate of drug-likeness (QED) is 0.807. The number of aliphatic carboxylic acids is 1. The number of carbonyl (C=O) groups excluding carboxylic acids is 1. The van der Waals surface area contributed by atoms with E-state index in [1.54, 1.807) is 42.5 Å². The van der Waals surface area contributed by atoms with Crippen molar-refractivity contribution in [3.8, 4) is 0 Å². The number of benzene rings is 2. The maximum Gasteiger partial charge on any atom is 0.330 e. The van der Waals surface area contributed by atoms with Crippen molar-refractivity contribution in [3.05, 3.63) is 65.7 Å². The third kappa shape index (κ3) is 4.07. The topological polar surface area (TPSA) is 78.4 Å². The molecule has 0 radical (unpaired) electrons. The molecule has 0 saturated carbocycles. The first-order valence-corrected chi connectivity index (χ1v) is 6.48. The second kappa shape index (κ2) is 6.56. The van der Waals surface area contributed by atoms with Gasteiger partial charge >= 0.3 is 12.0 Å². The largest absolute Gasteiger partial charge is 0.479 e. The van der Waals surface area contributed by atoms with Gasteiger partial charge in [-0.3, -0.25) is 0 Å². The third-order valence-corrected chi connectivity index (χ3v) is 2.93. The number of hydrogen-bond donors (Lipinski definition) is 3. The number of aryl methyl sites for hydroxylation is 1. The summed E-state index contributed by atoms with van der Waals surface area (Å²) in [5.41, 5.74) is 2.14. The van der Waals surface area contributed by atoms with Gasteiger partial charge in [0.1, 0.15) is 0 Å². The van der Waals surface area contributed by atoms with Crippen LogP contribution in [0.4, 0.5) is 10.5 Å². The predicted octanol–water partition coefficient (Wildman–Crippen LogP) is 2.94. The lowest BCUT2D eigenvalue weighted by Crippen LogP contribution is -2.36. The monoisotopic (exact) mass is 284 g/mol. The molecule has 2 aromatic rings. The van der Waals surface area contributed by atoms with E-state index >= 15 is 0 Å². The molecule has 0 aliphatic heterocycles. The van der Waals surface area contributed by atoms with Gasteiger partial charge in [0.2, 0.25) is 0 Å². The summed E-state index contributed by atoms with van der Waals surface area (Å²) in [5, 5.41) is 14.3. The van der Waals surface area contributed by atoms with E-state index in [-0.39, 0.29) is 0 Å². The standard InChI is InChI=1S/C16H16N2O3/c1-11-6-5-9-13(10-11)17-16(21)18-14(15(19)20)12-7-3-2-4-8-12/h2-10,14H,1H3,(H,19,20)(H2,17,18,21)/t14-/m0/s1. The molecule has 2 amide bonds. The maximum absolute atomic E-state index is 11.9. The molecule has 2 aromatic carbocycles. The van der Waals surface area contributed by atoms with Crippen LogP contribution in [-0.4, -0.2) is 17.1 Å². The lowest BCUT2D eigenvalue weighted by Gasteiger charge is -2.15. The van der Waals surface area contributed by atoms with Crippen LogP contribution in [0.1, 0.15) is 17.2 Å². The van der Waals surface area contributed by atoms with E-state index in [1.807, 2.05) is 19.1 Å². The Morgan fingerprint density at radius 1 is 1.05 bits per heavy atom. The Kier molecular flexibility index (Phi) is 4.56. The summed E-state index contributed by atoms with van der Waals surface area (Å²) in [7, 11) is 0. The van der Waals surface area contributed by atoms with Crippen molar-refractivity contribution in [2.75, 3.05) is 5.32 Å². The number of hydrogen-bond acceptors (Lipinski definition) is 2. The summed E-state index contributed by atoms with van der Waals surface area (Å²) in [6, 6.07) is 14.2. The summed E-state index contributed by atoms with van der Waals surface area (Å²) in [6.45, 7) is 1.91. The van der Waals surface area contributed by atoms with Crippen LogP contribution >= 0.6 is 0 Å². The average molecular weight is 284 g/mol. The van der Waals surface area contributed by atoms with Crippen molar-refractivity contribution in [1.82, 2.24) is 5.32 Å². The molecule has 0 aliphatic rings. The molecule has 0 fully saturated rings. The molecule has 21 heavy (non-hydrogen) atoms. The molecule has 0 unspecified atom stereocenters. The fourth-order valence-corrected chi connectivity index (χ4v) is 1.95. The van der Waals surface area contributed by atoms with Gasteiger partial charge in [0, 0.05) is 5.69 Å². The summed E-state index contributed by atoms with van der Waals surface area (Å²) in [4.78, 5) is 23.2. The first-order valence-electron chi connectivity index (χ1n) is 6.48. The number of anilines is 1. The van der Waals surface area contributed by atoms with Crippen LogP contribution in [0.15, 0.2) is 54.6 Å². The Morgan fingerprint density at radius 2 is 1.76 bits per heavy atom. The smallest absolute Gasteiger partial charge is 0.330 e. The van der Waals surface area contributed by atoms with Crippen LogP contribution in [-0.2, 0) is 4.79 Å². The van der Waals surface area contributed by atoms with E-state index in [4.69, 9.17) is 0 Å². The first-order chi connectivity index (χ1) is 10.1. The fourth-order valence-electron chi connectivity index (χ4n) is 1.95. The van der Waals surface area contributed by atoms with Gasteiger partial charge in [-0.1, -0.05) is 42.5 Å². The van der Waals surface area contributed by atoms with Crippen molar-refractivity contribution in [2.24, 2.45) is 0 Å². The van der Waals surface area contributed by atoms with Gasteiger partial charge in [0.15, 0.2) is 6.04 Å². The zero-order valence-corrected chi connectivity index (χ0v) is 11.5. The van der Waals surface area contributed by atoms with Crippen LogP contribution in [0, 0.1) is 6.92 Å². The number of carboxylic acids is 1. The van der Waals surface area contributed by atoms with Crippen LogP contribution in [0.2, 0.25) is 0 Å². The number of carboxylic acid groups (broad SMARTS) is 1. The third-order valence-electron chi connectivity index (χ3n) is 2.93. The van der Waals surface area contributed by atoms with E-state index in [9.17, 15) is 14.7 Å². The summed E-state index contributed by atoms with van der Waals surface area (Å²) in [6.07, 6.45) is 0. The van der Waals surface area contributed by atoms with E-state index in [1.165, 1.54) is 0 Å². The molecule has 0 heterocycles. The lowest BCUT2D eigenvalue weighted by molar-refractivity contribution is -0.139. The highest BCUT2D eigenvalue weighted by molar-refractivity contribution is 5.92. The molecule has 0 aliphatic carbocycles. The minimum atomic E-state index is -1.11. The van der Waals surface area contributed by atoms with E-state index < -0.39 is 18.0 Å². The Bertz CT molecular complexity index is 641. The van der Waals surface area contributed by atoms with Crippen molar-refractivity contribution in [3.63, 3.8) is 0 Å². The number of nitrogens with one attached hydrogen (secondary N) is 2. The van der Waals surface area contributed by atoms with E-state index in [0.717, 1.165) is 5.56 Å². The van der Waals surface area contributed by atoms with Gasteiger partial charge in [-0.05, 0) is 30.2 Å². The van der Waals surface area contributed by atoms with E-state index in [2.05, 4.69) is 10.6 Å². The van der Waals surface area contributed by atoms with Crippen molar-refractivity contribution >= 4 is 17.7 Å². The molecule has 5 nitrogen and oxygen atoms in total. The normalized spacial score (nSPS) is 11.5. The van der Waals surface area contributed by atoms with Crippen LogP contribution in [0.25, 0.3) is 0 Å². The van der Waals surface area contributed by atoms with Gasteiger partial charge in [-0.25, -0.2) is 9.59 Å². The number of carbonyl (C=O) groups is 2. The van der Waals surface area contributed by atoms with Crippen molar-refractivity contribution < 1.29 is 14.7 Å². The Morgan fingerprint density at radius 3 is 2.38 bits per heavy atom. The number of rotatable bonds is 4. The molecule has 1 atom stereocenters. The molecule has 0 bridgehead atoms. The predicted molar refractivity (Wildman–Crippen MR) is 80.2 cm³/mol. The number of urea groups is 1. The second-order valence-corrected chi connectivity index (χ2v) is 4.65. The maximum atomic E-state index is 11.9. The highest BCUT2D eigenvalue weighted by Crippen LogP contribution is 2.14. The van der Waals surface area contributed by atoms with E-state index in [0.29, 0.717) is 11.3 Å². The summed E-state index contributed by atoms with van der Waals surface area (Å²) < 4.78 is 0. The molecule has 108 valence electrons. The zero-order valence-electron chi connectivity index (χ0n) is 11.5. The van der Waals surface area contributed by atoms with Gasteiger partial charge in [-0.2, -0.15) is 0 Å². The molecule has 5 heteroatoms. The molecule has 0 saturated heterocycles. The van der Waals surface area contributed by atoms with Crippen molar-refractivity contribution in [1.29, 1.82) is 0 Å². The highest BCUT2D eigenvalue weighted by Gasteiger charge is 2.21. The Hall–Kier alpha value is -2.82. The molecular formula is C16H16N2O3. The Labute approximate surface area is 122 Å². The van der Waals surface area contributed by atoms with Crippen LogP contribution in [0.3, 0.4) is 0 Å². The molecule has 0 spiro atoms. The summed E-state index contributed by atoms with van der Waals surface area (Å²) in [5.74, 6) is -1.11. The minimum Gasteiger partial charge on any atom is -0.479 e. The van der Waals surface area contributed by atoms with Crippen LogP contribution in [0.5, 0.6) is 0 Å². The van der Waals surface area contributed by atoms with Crippen LogP contribution < -0.4 is 10.6 Å². The van der Waals surface area contributed by atoms with Gasteiger partial charge in [0.25, 0.3) is 0 Å². The van der Waals surface area contributed by atoms with Gasteiger partial charge in [0.05, 0.1) is 0 Å². The molecular weight excluding hydrogens is 268 g/mol. The molecule has 2 rings (SSSR count). The van der Waals surface area contributed by atoms with Crippen molar-refractivity contribution in [2.45, 2.75) is 13.0 Å². The highest BCUT2D eigenvalue weighted by atomic mass is 16.4. The van der Waals surface area contributed by atoms with Gasteiger partial charge in [-0.15, -0.1) is 0 Å². The second-order valence-electron chi connectivity index (χ2n) is 4.65. The first kappa shape index (κ1) is 14.6. The average Bonchev–Trinajstić information content (AvgIpc) is 2.45. The lowest BCUT2D eigenvalue weighted by atomic mass is 10.1.